The molecule has 0 N–H and O–H groups in total. The van der Waals surface area contributed by atoms with E-state index in [1.807, 2.05) is 0 Å². The summed E-state index contributed by atoms with van der Waals surface area (Å²) < 4.78 is 33.5. The molecule has 0 radical (unpaired) electrons. The molecule has 1 atom stereocenters. The molecule has 0 spiro atoms. The molecule has 1 fully saturated rings. The molecule has 2 rings (SSSR count). The van der Waals surface area contributed by atoms with Crippen LogP contribution in [0.5, 0.6) is 0 Å². The van der Waals surface area contributed by atoms with Crippen molar-refractivity contribution in [3.8, 4) is 0 Å². The van der Waals surface area contributed by atoms with E-state index in [1.54, 1.807) is 4.90 Å². The molecule has 1 amide bonds. The third-order valence-corrected chi connectivity index (χ3v) is 4.43. The second-order valence-corrected chi connectivity index (χ2v) is 7.83. The van der Waals surface area contributed by atoms with Crippen LogP contribution < -0.4 is 0 Å². The van der Waals surface area contributed by atoms with E-state index in [1.165, 1.54) is 0 Å². The minimum Gasteiger partial charge on any atom is -0.348 e. The summed E-state index contributed by atoms with van der Waals surface area (Å²) in [5.74, 6) is -0.450. The summed E-state index contributed by atoms with van der Waals surface area (Å²) in [6.45, 7) is 1.90. The first-order valence-electron chi connectivity index (χ1n) is 7.28. The molecule has 0 aromatic rings. The Labute approximate surface area is 126 Å². The van der Waals surface area contributed by atoms with Crippen molar-refractivity contribution in [1.82, 2.24) is 4.90 Å². The second-order valence-electron chi connectivity index (χ2n) is 5.69. The van der Waals surface area contributed by atoms with E-state index in [4.69, 9.17) is 9.47 Å². The smallest absolute Gasteiger partial charge is 0.237 e. The molecule has 120 valence electrons. The van der Waals surface area contributed by atoms with Crippen LogP contribution in [0.2, 0.25) is 0 Å². The predicted octanol–water partition coefficient (Wildman–Crippen LogP) is 0.589. The van der Waals surface area contributed by atoms with Gasteiger partial charge in [0.05, 0.1) is 19.8 Å². The predicted molar refractivity (Wildman–Crippen MR) is 78.5 cm³/mol. The third-order valence-electron chi connectivity index (χ3n) is 3.65. The summed E-state index contributed by atoms with van der Waals surface area (Å²) in [7, 11) is -3.33. The van der Waals surface area contributed by atoms with Crippen molar-refractivity contribution in [3.63, 3.8) is 0 Å². The van der Waals surface area contributed by atoms with Crippen molar-refractivity contribution in [1.29, 1.82) is 0 Å². The Morgan fingerprint density at radius 3 is 2.52 bits per heavy atom. The second kappa shape index (κ2) is 7.38. The van der Waals surface area contributed by atoms with Gasteiger partial charge in [0.1, 0.15) is 5.75 Å². The standard InChI is InChI=1S/C14H23NO5S/c1-21(17,18)11-13(16)15(10-14-19-7-8-20-14)9-12-5-3-2-4-6-12/h2-3,12,14H,4-11H2,1H3. The highest BCUT2D eigenvalue weighted by atomic mass is 32.2. The van der Waals surface area contributed by atoms with Crippen LogP contribution in [0, 0.1) is 5.92 Å². The van der Waals surface area contributed by atoms with Crippen LogP contribution in [0.4, 0.5) is 0 Å². The molecule has 21 heavy (non-hydrogen) atoms. The van der Waals surface area contributed by atoms with E-state index in [2.05, 4.69) is 12.2 Å². The van der Waals surface area contributed by atoms with Gasteiger partial charge in [-0.1, -0.05) is 12.2 Å². The lowest BCUT2D eigenvalue weighted by molar-refractivity contribution is -0.135. The largest absolute Gasteiger partial charge is 0.348 e. The number of hydrogen-bond donors (Lipinski definition) is 0. The van der Waals surface area contributed by atoms with E-state index >= 15 is 0 Å². The third kappa shape index (κ3) is 5.76. The summed E-state index contributed by atoms with van der Waals surface area (Å²) >= 11 is 0. The number of carbonyl (C=O) groups excluding carboxylic acids is 1. The Balaban J connectivity index is 1.97. The van der Waals surface area contributed by atoms with E-state index < -0.39 is 21.9 Å². The molecule has 6 nitrogen and oxygen atoms in total. The Morgan fingerprint density at radius 2 is 1.95 bits per heavy atom. The number of hydrogen-bond acceptors (Lipinski definition) is 5. The Bertz CT molecular complexity index is 482. The number of sulfone groups is 1. The molecule has 7 heteroatoms. The maximum atomic E-state index is 12.2. The van der Waals surface area contributed by atoms with Gasteiger partial charge in [0.15, 0.2) is 16.1 Å². The first-order chi connectivity index (χ1) is 9.94. The van der Waals surface area contributed by atoms with Crippen molar-refractivity contribution in [2.45, 2.75) is 25.6 Å². The molecule has 1 heterocycles. The number of nitrogens with zero attached hydrogens (tertiary/aromatic N) is 1. The quantitative estimate of drug-likeness (QED) is 0.670. The van der Waals surface area contributed by atoms with Crippen LogP contribution in [-0.2, 0) is 24.1 Å². The molecule has 0 bridgehead atoms. The van der Waals surface area contributed by atoms with Crippen molar-refractivity contribution in [2.24, 2.45) is 5.92 Å². The summed E-state index contributed by atoms with van der Waals surface area (Å²) in [5.41, 5.74) is 0. The Kier molecular flexibility index (Phi) is 5.78. The average Bonchev–Trinajstić information content (AvgIpc) is 2.90. The summed E-state index contributed by atoms with van der Waals surface area (Å²) in [4.78, 5) is 13.8. The van der Waals surface area contributed by atoms with Crippen molar-refractivity contribution in [2.75, 3.05) is 38.3 Å². The van der Waals surface area contributed by atoms with Gasteiger partial charge in [0.2, 0.25) is 5.91 Å². The fourth-order valence-corrected chi connectivity index (χ4v) is 3.25. The highest BCUT2D eigenvalue weighted by molar-refractivity contribution is 7.91. The molecule has 1 aliphatic heterocycles. The fraction of sp³-hybridized carbons (Fsp3) is 0.786. The van der Waals surface area contributed by atoms with Crippen LogP contribution in [0.25, 0.3) is 0 Å². The average molecular weight is 317 g/mol. The Morgan fingerprint density at radius 1 is 1.24 bits per heavy atom. The van der Waals surface area contributed by atoms with Crippen LogP contribution in [0.3, 0.4) is 0 Å². The molecule has 1 aliphatic carbocycles. The van der Waals surface area contributed by atoms with E-state index in [0.29, 0.717) is 32.2 Å². The lowest BCUT2D eigenvalue weighted by Gasteiger charge is -2.29. The minimum absolute atomic E-state index is 0.300. The van der Waals surface area contributed by atoms with Crippen LogP contribution in [0.15, 0.2) is 12.2 Å². The molecule has 1 unspecified atom stereocenters. The number of carbonyl (C=O) groups is 1. The van der Waals surface area contributed by atoms with Gasteiger partial charge in [-0.25, -0.2) is 8.42 Å². The molecule has 0 aromatic heterocycles. The normalized spacial score (nSPS) is 23.4. The van der Waals surface area contributed by atoms with Gasteiger partial charge >= 0.3 is 0 Å². The lowest BCUT2D eigenvalue weighted by Crippen LogP contribution is -2.43. The number of allylic oxidation sites excluding steroid dienone is 2. The van der Waals surface area contributed by atoms with Gasteiger partial charge < -0.3 is 14.4 Å². The summed E-state index contributed by atoms with van der Waals surface area (Å²) in [5, 5.41) is 0. The highest BCUT2D eigenvalue weighted by Gasteiger charge is 2.27. The number of amides is 1. The topological polar surface area (TPSA) is 72.9 Å². The zero-order chi connectivity index (χ0) is 15.3. The first kappa shape index (κ1) is 16.5. The molecule has 0 aromatic carbocycles. The molecule has 1 saturated heterocycles. The number of rotatable bonds is 6. The first-order valence-corrected chi connectivity index (χ1v) is 9.34. The van der Waals surface area contributed by atoms with Crippen LogP contribution in [-0.4, -0.2) is 63.8 Å². The lowest BCUT2D eigenvalue weighted by atomic mass is 9.94. The summed E-state index contributed by atoms with van der Waals surface area (Å²) in [6.07, 6.45) is 7.86. The fourth-order valence-electron chi connectivity index (χ4n) is 2.62. The van der Waals surface area contributed by atoms with Gasteiger partial charge in [0.25, 0.3) is 0 Å². The monoisotopic (exact) mass is 317 g/mol. The van der Waals surface area contributed by atoms with E-state index in [-0.39, 0.29) is 5.91 Å². The van der Waals surface area contributed by atoms with Gasteiger partial charge in [-0.2, -0.15) is 0 Å². The van der Waals surface area contributed by atoms with Gasteiger partial charge in [-0.15, -0.1) is 0 Å². The molecule has 2 aliphatic rings. The summed E-state index contributed by atoms with van der Waals surface area (Å²) in [6, 6.07) is 0. The van der Waals surface area contributed by atoms with Crippen molar-refractivity contribution >= 4 is 15.7 Å². The molecule has 0 saturated carbocycles. The Hall–Kier alpha value is -0.920. The van der Waals surface area contributed by atoms with Crippen molar-refractivity contribution in [3.05, 3.63) is 12.2 Å². The van der Waals surface area contributed by atoms with E-state index in [0.717, 1.165) is 25.5 Å². The van der Waals surface area contributed by atoms with Crippen molar-refractivity contribution < 1.29 is 22.7 Å². The SMILES string of the molecule is CS(=O)(=O)CC(=O)N(CC1CC=CCC1)CC1OCCO1. The maximum absolute atomic E-state index is 12.2. The van der Waals surface area contributed by atoms with Gasteiger partial charge in [-0.3, -0.25) is 4.79 Å². The van der Waals surface area contributed by atoms with Gasteiger partial charge in [0, 0.05) is 12.8 Å². The van der Waals surface area contributed by atoms with E-state index in [9.17, 15) is 13.2 Å². The highest BCUT2D eigenvalue weighted by Crippen LogP contribution is 2.20. The molecular formula is C14H23NO5S. The van der Waals surface area contributed by atoms with Gasteiger partial charge in [-0.05, 0) is 25.2 Å². The minimum atomic E-state index is -3.33. The number of ether oxygens (including phenoxy) is 2. The zero-order valence-electron chi connectivity index (χ0n) is 12.4. The molecular weight excluding hydrogens is 294 g/mol. The zero-order valence-corrected chi connectivity index (χ0v) is 13.2. The maximum Gasteiger partial charge on any atom is 0.237 e. The van der Waals surface area contributed by atoms with Crippen LogP contribution >= 0.6 is 0 Å². The van der Waals surface area contributed by atoms with Crippen LogP contribution in [0.1, 0.15) is 19.3 Å².